The maximum atomic E-state index is 10.7. The molecule has 5 nitrogen and oxygen atoms in total. The molecule has 5 heteroatoms. The average molecular weight is 286 g/mol. The number of nitrogens with two attached hydrogens (primary N) is 1. The molecule has 0 saturated heterocycles. The maximum Gasteiger partial charge on any atom is 0.269 e. The summed E-state index contributed by atoms with van der Waals surface area (Å²) in [5, 5.41) is 10.7. The minimum Gasteiger partial charge on any atom is -0.489 e. The average Bonchev–Trinajstić information content (AvgIpc) is 2.46. The van der Waals surface area contributed by atoms with Gasteiger partial charge >= 0.3 is 0 Å². The van der Waals surface area contributed by atoms with Crippen LogP contribution in [0.5, 0.6) is 5.75 Å². The molecule has 1 atom stereocenters. The molecule has 2 aromatic rings. The van der Waals surface area contributed by atoms with Gasteiger partial charge in [-0.15, -0.1) is 0 Å². The van der Waals surface area contributed by atoms with Crippen molar-refractivity contribution >= 4 is 5.69 Å². The Bertz CT molecular complexity index is 654. The largest absolute Gasteiger partial charge is 0.489 e. The van der Waals surface area contributed by atoms with Crippen LogP contribution in [-0.4, -0.2) is 4.92 Å². The number of aryl methyl sites for hydroxylation is 1. The fourth-order valence-electron chi connectivity index (χ4n) is 2.04. The topological polar surface area (TPSA) is 78.4 Å². The van der Waals surface area contributed by atoms with Crippen LogP contribution in [0.2, 0.25) is 0 Å². The highest BCUT2D eigenvalue weighted by molar-refractivity contribution is 5.38. The van der Waals surface area contributed by atoms with Crippen molar-refractivity contribution in [3.05, 3.63) is 69.3 Å². The lowest BCUT2D eigenvalue weighted by Gasteiger charge is -2.12. The van der Waals surface area contributed by atoms with Crippen LogP contribution in [0.15, 0.2) is 42.5 Å². The Morgan fingerprint density at radius 1 is 1.29 bits per heavy atom. The van der Waals surface area contributed by atoms with E-state index in [2.05, 4.69) is 0 Å². The van der Waals surface area contributed by atoms with Crippen LogP contribution in [0.3, 0.4) is 0 Å². The smallest absolute Gasteiger partial charge is 0.269 e. The van der Waals surface area contributed by atoms with E-state index in [0.717, 1.165) is 22.4 Å². The number of rotatable bonds is 5. The molecule has 0 radical (unpaired) electrons. The monoisotopic (exact) mass is 286 g/mol. The lowest BCUT2D eigenvalue weighted by Crippen LogP contribution is -2.05. The minimum absolute atomic E-state index is 0.0190. The number of non-ortho nitro benzene ring substituents is 1. The molecule has 0 amide bonds. The summed E-state index contributed by atoms with van der Waals surface area (Å²) in [5.74, 6) is 0.755. The lowest BCUT2D eigenvalue weighted by molar-refractivity contribution is -0.384. The standard InChI is InChI=1S/C16H18N2O3/c1-11-8-14(12(2)17)6-7-16(11)21-10-13-4-3-5-15(9-13)18(19)20/h3-9,12H,10,17H2,1-2H3. The van der Waals surface area contributed by atoms with E-state index in [9.17, 15) is 10.1 Å². The second kappa shape index (κ2) is 6.37. The predicted octanol–water partition coefficient (Wildman–Crippen LogP) is 3.50. The molecule has 0 aliphatic rings. The van der Waals surface area contributed by atoms with E-state index in [1.54, 1.807) is 12.1 Å². The number of nitro benzene ring substituents is 1. The van der Waals surface area contributed by atoms with Crippen molar-refractivity contribution < 1.29 is 9.66 Å². The Hall–Kier alpha value is -2.40. The van der Waals surface area contributed by atoms with Gasteiger partial charge in [-0.1, -0.05) is 24.3 Å². The van der Waals surface area contributed by atoms with Crippen LogP contribution in [0, 0.1) is 17.0 Å². The Labute approximate surface area is 123 Å². The highest BCUT2D eigenvalue weighted by Gasteiger charge is 2.08. The fraction of sp³-hybridized carbons (Fsp3) is 0.250. The Balaban J connectivity index is 2.09. The third-order valence-electron chi connectivity index (χ3n) is 3.24. The van der Waals surface area contributed by atoms with Crippen LogP contribution < -0.4 is 10.5 Å². The maximum absolute atomic E-state index is 10.7. The zero-order valence-electron chi connectivity index (χ0n) is 12.1. The molecule has 1 unspecified atom stereocenters. The molecule has 0 heterocycles. The van der Waals surface area contributed by atoms with Crippen molar-refractivity contribution in [2.75, 3.05) is 0 Å². The van der Waals surface area contributed by atoms with Crippen LogP contribution in [0.4, 0.5) is 5.69 Å². The zero-order valence-corrected chi connectivity index (χ0v) is 12.1. The number of hydrogen-bond donors (Lipinski definition) is 1. The predicted molar refractivity (Wildman–Crippen MR) is 81.2 cm³/mol. The summed E-state index contributed by atoms with van der Waals surface area (Å²) in [6.07, 6.45) is 0. The molecule has 0 aliphatic carbocycles. The van der Waals surface area contributed by atoms with Gasteiger partial charge in [0.15, 0.2) is 0 Å². The van der Waals surface area contributed by atoms with Gasteiger partial charge in [-0.05, 0) is 36.6 Å². The zero-order chi connectivity index (χ0) is 15.4. The van der Waals surface area contributed by atoms with Crippen LogP contribution >= 0.6 is 0 Å². The molecular formula is C16H18N2O3. The van der Waals surface area contributed by atoms with E-state index in [0.29, 0.717) is 6.61 Å². The van der Waals surface area contributed by atoms with Crippen LogP contribution in [-0.2, 0) is 6.61 Å². The fourth-order valence-corrected chi connectivity index (χ4v) is 2.04. The summed E-state index contributed by atoms with van der Waals surface area (Å²) in [4.78, 5) is 10.3. The molecule has 0 bridgehead atoms. The van der Waals surface area contributed by atoms with Crippen molar-refractivity contribution in [2.45, 2.75) is 26.5 Å². The van der Waals surface area contributed by atoms with E-state index in [4.69, 9.17) is 10.5 Å². The highest BCUT2D eigenvalue weighted by atomic mass is 16.6. The lowest BCUT2D eigenvalue weighted by atomic mass is 10.1. The van der Waals surface area contributed by atoms with Gasteiger partial charge in [-0.3, -0.25) is 10.1 Å². The number of benzene rings is 2. The number of ether oxygens (including phenoxy) is 1. The van der Waals surface area contributed by atoms with Gasteiger partial charge in [0.25, 0.3) is 5.69 Å². The normalized spacial score (nSPS) is 12.0. The third kappa shape index (κ3) is 3.79. The molecule has 21 heavy (non-hydrogen) atoms. The number of nitrogens with zero attached hydrogens (tertiary/aromatic N) is 1. The second-order valence-corrected chi connectivity index (χ2v) is 5.03. The van der Waals surface area contributed by atoms with E-state index in [-0.39, 0.29) is 11.7 Å². The van der Waals surface area contributed by atoms with E-state index in [1.807, 2.05) is 32.0 Å². The van der Waals surface area contributed by atoms with Crippen molar-refractivity contribution in [3.63, 3.8) is 0 Å². The molecule has 0 spiro atoms. The third-order valence-corrected chi connectivity index (χ3v) is 3.24. The van der Waals surface area contributed by atoms with Gasteiger partial charge in [0.1, 0.15) is 12.4 Å². The van der Waals surface area contributed by atoms with Gasteiger partial charge < -0.3 is 10.5 Å². The first-order chi connectivity index (χ1) is 9.97. The molecule has 0 aromatic heterocycles. The Morgan fingerprint density at radius 2 is 2.05 bits per heavy atom. The van der Waals surface area contributed by atoms with Crippen molar-refractivity contribution in [2.24, 2.45) is 5.73 Å². The van der Waals surface area contributed by atoms with E-state index >= 15 is 0 Å². The summed E-state index contributed by atoms with van der Waals surface area (Å²) >= 11 is 0. The Morgan fingerprint density at radius 3 is 2.67 bits per heavy atom. The van der Waals surface area contributed by atoms with Gasteiger partial charge in [0.2, 0.25) is 0 Å². The molecule has 0 saturated carbocycles. The Kier molecular flexibility index (Phi) is 4.55. The van der Waals surface area contributed by atoms with Gasteiger partial charge in [-0.25, -0.2) is 0 Å². The van der Waals surface area contributed by atoms with E-state index in [1.165, 1.54) is 12.1 Å². The molecule has 2 rings (SSSR count). The molecule has 110 valence electrons. The van der Waals surface area contributed by atoms with Gasteiger partial charge in [-0.2, -0.15) is 0 Å². The molecule has 2 N–H and O–H groups in total. The number of nitro groups is 1. The second-order valence-electron chi connectivity index (χ2n) is 5.03. The number of hydrogen-bond acceptors (Lipinski definition) is 4. The van der Waals surface area contributed by atoms with Crippen molar-refractivity contribution in [3.8, 4) is 5.75 Å². The van der Waals surface area contributed by atoms with Crippen molar-refractivity contribution in [1.82, 2.24) is 0 Å². The van der Waals surface area contributed by atoms with E-state index < -0.39 is 4.92 Å². The highest BCUT2D eigenvalue weighted by Crippen LogP contribution is 2.23. The summed E-state index contributed by atoms with van der Waals surface area (Å²) in [5.41, 5.74) is 8.72. The van der Waals surface area contributed by atoms with Gasteiger partial charge in [0.05, 0.1) is 4.92 Å². The SMILES string of the molecule is Cc1cc(C(C)N)ccc1OCc1cccc([N+](=O)[O-])c1. The summed E-state index contributed by atoms with van der Waals surface area (Å²) in [6, 6.07) is 12.2. The molecule has 0 fully saturated rings. The molecular weight excluding hydrogens is 268 g/mol. The summed E-state index contributed by atoms with van der Waals surface area (Å²) < 4.78 is 5.73. The van der Waals surface area contributed by atoms with Gasteiger partial charge in [0, 0.05) is 18.2 Å². The minimum atomic E-state index is -0.411. The molecule has 0 aliphatic heterocycles. The van der Waals surface area contributed by atoms with Crippen LogP contribution in [0.1, 0.15) is 29.7 Å². The first kappa shape index (κ1) is 15.0. The van der Waals surface area contributed by atoms with Crippen LogP contribution in [0.25, 0.3) is 0 Å². The first-order valence-corrected chi connectivity index (χ1v) is 6.69. The summed E-state index contributed by atoms with van der Waals surface area (Å²) in [6.45, 7) is 4.17. The van der Waals surface area contributed by atoms with Crippen molar-refractivity contribution in [1.29, 1.82) is 0 Å². The first-order valence-electron chi connectivity index (χ1n) is 6.69. The quantitative estimate of drug-likeness (QED) is 0.674. The summed E-state index contributed by atoms with van der Waals surface area (Å²) in [7, 11) is 0. The molecule has 2 aromatic carbocycles.